The normalized spacial score (nSPS) is 11.2. The summed E-state index contributed by atoms with van der Waals surface area (Å²) in [5.74, 6) is -0.469. The predicted octanol–water partition coefficient (Wildman–Crippen LogP) is 3.50. The molecule has 0 unspecified atom stereocenters. The van der Waals surface area contributed by atoms with Crippen molar-refractivity contribution >= 4 is 28.4 Å². The van der Waals surface area contributed by atoms with Crippen LogP contribution in [0.3, 0.4) is 0 Å². The standard InChI is InChI=1S/C20H21N5O5/c1-20(2,3)30-16(26)11-24(4)18-17(25(27)28)19(23-12-22-18)29-14-7-8-15-13(10-14)6-5-9-21-15/h5-10,12H,11H2,1-4H3. The van der Waals surface area contributed by atoms with Crippen molar-refractivity contribution in [3.63, 3.8) is 0 Å². The molecule has 0 amide bonds. The van der Waals surface area contributed by atoms with Gasteiger partial charge in [-0.1, -0.05) is 6.07 Å². The smallest absolute Gasteiger partial charge is 0.373 e. The number of hydrogen-bond acceptors (Lipinski definition) is 9. The third kappa shape index (κ3) is 4.96. The summed E-state index contributed by atoms with van der Waals surface area (Å²) in [6.45, 7) is 4.99. The molecule has 3 aromatic rings. The number of carbonyl (C=O) groups is 1. The Morgan fingerprint density at radius 1 is 1.20 bits per heavy atom. The largest absolute Gasteiger partial charge is 0.459 e. The summed E-state index contributed by atoms with van der Waals surface area (Å²) in [6.07, 6.45) is 2.82. The maximum atomic E-state index is 12.1. The minimum atomic E-state index is -0.672. The van der Waals surface area contributed by atoms with Gasteiger partial charge in [-0.25, -0.2) is 4.98 Å². The summed E-state index contributed by atoms with van der Waals surface area (Å²) in [7, 11) is 1.50. The summed E-state index contributed by atoms with van der Waals surface area (Å²) < 4.78 is 11.0. The highest BCUT2D eigenvalue weighted by atomic mass is 16.6. The van der Waals surface area contributed by atoms with Gasteiger partial charge in [0.15, 0.2) is 0 Å². The Morgan fingerprint density at radius 3 is 2.67 bits per heavy atom. The summed E-state index contributed by atoms with van der Waals surface area (Å²) in [6, 6.07) is 8.73. The molecule has 3 rings (SSSR count). The van der Waals surface area contributed by atoms with Crippen molar-refractivity contribution in [2.45, 2.75) is 26.4 Å². The lowest BCUT2D eigenvalue weighted by molar-refractivity contribution is -0.385. The molecule has 1 aromatic carbocycles. The molecular weight excluding hydrogens is 390 g/mol. The van der Waals surface area contributed by atoms with Crippen LogP contribution in [0.15, 0.2) is 42.9 Å². The van der Waals surface area contributed by atoms with Gasteiger partial charge in [0.25, 0.3) is 0 Å². The molecule has 0 atom stereocenters. The van der Waals surface area contributed by atoms with Gasteiger partial charge in [-0.2, -0.15) is 4.98 Å². The third-order valence-corrected chi connectivity index (χ3v) is 3.89. The van der Waals surface area contributed by atoms with E-state index in [1.165, 1.54) is 11.9 Å². The van der Waals surface area contributed by atoms with Crippen LogP contribution in [-0.4, -0.2) is 45.0 Å². The molecule has 0 aliphatic rings. The topological polar surface area (TPSA) is 121 Å². The highest BCUT2D eigenvalue weighted by molar-refractivity contribution is 5.80. The Morgan fingerprint density at radius 2 is 1.97 bits per heavy atom. The van der Waals surface area contributed by atoms with E-state index in [1.807, 2.05) is 6.07 Å². The van der Waals surface area contributed by atoms with Crippen molar-refractivity contribution in [3.05, 3.63) is 53.0 Å². The molecule has 0 saturated carbocycles. The molecule has 0 saturated heterocycles. The first-order valence-corrected chi connectivity index (χ1v) is 9.09. The molecule has 0 aliphatic carbocycles. The van der Waals surface area contributed by atoms with Crippen LogP contribution < -0.4 is 9.64 Å². The van der Waals surface area contributed by atoms with Crippen molar-refractivity contribution in [2.24, 2.45) is 0 Å². The molecule has 0 radical (unpaired) electrons. The maximum absolute atomic E-state index is 12.1. The number of esters is 1. The number of nitro groups is 1. The molecule has 0 N–H and O–H groups in total. The van der Waals surface area contributed by atoms with Crippen molar-refractivity contribution < 1.29 is 19.2 Å². The average Bonchev–Trinajstić information content (AvgIpc) is 2.66. The molecule has 0 fully saturated rings. The van der Waals surface area contributed by atoms with E-state index in [4.69, 9.17) is 9.47 Å². The molecular formula is C20H21N5O5. The number of benzene rings is 1. The van der Waals surface area contributed by atoms with Gasteiger partial charge in [0.2, 0.25) is 5.82 Å². The third-order valence-electron chi connectivity index (χ3n) is 3.89. The van der Waals surface area contributed by atoms with Crippen LogP contribution in [0.5, 0.6) is 11.6 Å². The molecule has 0 aliphatic heterocycles. The predicted molar refractivity (Wildman–Crippen MR) is 110 cm³/mol. The van der Waals surface area contributed by atoms with Crippen molar-refractivity contribution in [1.82, 2.24) is 15.0 Å². The van der Waals surface area contributed by atoms with Gasteiger partial charge in [0.1, 0.15) is 24.2 Å². The molecule has 0 bridgehead atoms. The highest BCUT2D eigenvalue weighted by Crippen LogP contribution is 2.36. The first kappa shape index (κ1) is 20.9. The number of rotatable bonds is 6. The fourth-order valence-electron chi connectivity index (χ4n) is 2.74. The number of anilines is 1. The van der Waals surface area contributed by atoms with Crippen LogP contribution in [0.4, 0.5) is 11.5 Å². The van der Waals surface area contributed by atoms with Crippen LogP contribution in [0.1, 0.15) is 20.8 Å². The number of ether oxygens (including phenoxy) is 2. The Labute approximate surface area is 172 Å². The van der Waals surface area contributed by atoms with E-state index in [0.717, 1.165) is 17.2 Å². The number of carbonyl (C=O) groups excluding carboxylic acids is 1. The molecule has 10 heteroatoms. The van der Waals surface area contributed by atoms with E-state index in [2.05, 4.69) is 15.0 Å². The number of fused-ring (bicyclic) bond motifs is 1. The molecule has 2 heterocycles. The second-order valence-corrected chi connectivity index (χ2v) is 7.51. The Balaban J connectivity index is 1.90. The minimum Gasteiger partial charge on any atom is -0.459 e. The van der Waals surface area contributed by atoms with Gasteiger partial charge in [-0.05, 0) is 45.0 Å². The lowest BCUT2D eigenvalue weighted by atomic mass is 10.2. The van der Waals surface area contributed by atoms with Gasteiger partial charge in [-0.3, -0.25) is 19.9 Å². The van der Waals surface area contributed by atoms with E-state index in [0.29, 0.717) is 5.75 Å². The van der Waals surface area contributed by atoms with Gasteiger partial charge in [0.05, 0.1) is 10.4 Å². The number of likely N-dealkylation sites (N-methyl/N-ethyl adjacent to an activating group) is 1. The van der Waals surface area contributed by atoms with Gasteiger partial charge < -0.3 is 14.4 Å². The fourth-order valence-corrected chi connectivity index (χ4v) is 2.74. The van der Waals surface area contributed by atoms with Gasteiger partial charge >= 0.3 is 17.5 Å². The molecule has 2 aromatic heterocycles. The quantitative estimate of drug-likeness (QED) is 0.341. The SMILES string of the molecule is CN(CC(=O)OC(C)(C)C)c1ncnc(Oc2ccc3ncccc3c2)c1[N+](=O)[O-]. The zero-order valence-corrected chi connectivity index (χ0v) is 17.0. The summed E-state index contributed by atoms with van der Waals surface area (Å²) in [5.41, 5.74) is -0.357. The summed E-state index contributed by atoms with van der Waals surface area (Å²) in [4.78, 5) is 36.7. The number of pyridine rings is 1. The Bertz CT molecular complexity index is 1100. The van der Waals surface area contributed by atoms with Crippen LogP contribution in [0, 0.1) is 10.1 Å². The van der Waals surface area contributed by atoms with E-state index < -0.39 is 22.2 Å². The molecule has 0 spiro atoms. The first-order valence-electron chi connectivity index (χ1n) is 9.09. The lowest BCUT2D eigenvalue weighted by Gasteiger charge is -2.23. The molecule has 156 valence electrons. The summed E-state index contributed by atoms with van der Waals surface area (Å²) >= 11 is 0. The van der Waals surface area contributed by atoms with Crippen LogP contribution in [0.25, 0.3) is 10.9 Å². The fraction of sp³-hybridized carbons (Fsp3) is 0.300. The van der Waals surface area contributed by atoms with Crippen molar-refractivity contribution in [2.75, 3.05) is 18.5 Å². The van der Waals surface area contributed by atoms with E-state index in [1.54, 1.807) is 51.2 Å². The van der Waals surface area contributed by atoms with Crippen molar-refractivity contribution in [3.8, 4) is 11.6 Å². The van der Waals surface area contributed by atoms with E-state index in [9.17, 15) is 14.9 Å². The zero-order valence-electron chi connectivity index (χ0n) is 17.0. The van der Waals surface area contributed by atoms with E-state index in [-0.39, 0.29) is 18.2 Å². The number of aromatic nitrogens is 3. The number of hydrogen-bond donors (Lipinski definition) is 0. The highest BCUT2D eigenvalue weighted by Gasteiger charge is 2.29. The summed E-state index contributed by atoms with van der Waals surface area (Å²) in [5, 5.41) is 12.6. The monoisotopic (exact) mass is 411 g/mol. The van der Waals surface area contributed by atoms with Gasteiger partial charge in [0, 0.05) is 18.6 Å². The second-order valence-electron chi connectivity index (χ2n) is 7.51. The minimum absolute atomic E-state index is 0.0571. The average molecular weight is 411 g/mol. The van der Waals surface area contributed by atoms with E-state index >= 15 is 0 Å². The lowest BCUT2D eigenvalue weighted by Crippen LogP contribution is -2.33. The number of nitrogens with zero attached hydrogens (tertiary/aromatic N) is 5. The van der Waals surface area contributed by atoms with Crippen molar-refractivity contribution in [1.29, 1.82) is 0 Å². The molecule has 10 nitrogen and oxygen atoms in total. The second kappa shape index (κ2) is 8.27. The zero-order chi connectivity index (χ0) is 21.9. The van der Waals surface area contributed by atoms with Crippen LogP contribution >= 0.6 is 0 Å². The first-order chi connectivity index (χ1) is 14.1. The Hall–Kier alpha value is -3.82. The Kier molecular flexibility index (Phi) is 5.77. The van der Waals surface area contributed by atoms with Gasteiger partial charge in [-0.15, -0.1) is 0 Å². The van der Waals surface area contributed by atoms with Crippen LogP contribution in [0.2, 0.25) is 0 Å². The maximum Gasteiger partial charge on any atom is 0.373 e. The molecule has 30 heavy (non-hydrogen) atoms. The van der Waals surface area contributed by atoms with Crippen LogP contribution in [-0.2, 0) is 9.53 Å².